The van der Waals surface area contributed by atoms with E-state index in [1.165, 1.54) is 29.8 Å². The van der Waals surface area contributed by atoms with E-state index in [9.17, 15) is 22.4 Å². The Bertz CT molecular complexity index is 1750. The van der Waals surface area contributed by atoms with Crippen LogP contribution in [0.15, 0.2) is 90.0 Å². The number of rotatable bonds is 9. The van der Waals surface area contributed by atoms with Crippen LogP contribution in [0.4, 0.5) is 20.6 Å². The monoisotopic (exact) mass is 653 g/mol. The van der Waals surface area contributed by atoms with Gasteiger partial charge < -0.3 is 21.1 Å². The number of urea groups is 1. The largest absolute Gasteiger partial charge is 0.439 e. The van der Waals surface area contributed by atoms with Gasteiger partial charge in [-0.25, -0.2) is 22.6 Å². The number of piperidine rings is 1. The molecule has 1 aliphatic rings. The van der Waals surface area contributed by atoms with Gasteiger partial charge in [0, 0.05) is 36.4 Å². The Balaban J connectivity index is 0.00000461. The van der Waals surface area contributed by atoms with Crippen LogP contribution in [0.1, 0.15) is 40.2 Å². The summed E-state index contributed by atoms with van der Waals surface area (Å²) in [4.78, 5) is 30.8. The number of primary amides is 1. The molecule has 3 aromatic carbocycles. The molecule has 4 N–H and O–H groups in total. The average Bonchev–Trinajstić information content (AvgIpc) is 3.00. The number of hydrogen-bond acceptors (Lipinski definition) is 7. The topological polar surface area (TPSA) is 144 Å². The van der Waals surface area contributed by atoms with E-state index >= 15 is 0 Å². The zero-order valence-electron chi connectivity index (χ0n) is 24.4. The quantitative estimate of drug-likeness (QED) is 0.202. The number of amides is 3. The van der Waals surface area contributed by atoms with E-state index in [1.807, 2.05) is 30.3 Å². The molecule has 4 aromatic rings. The summed E-state index contributed by atoms with van der Waals surface area (Å²) in [6, 6.07) is 20.8. The van der Waals surface area contributed by atoms with Crippen molar-refractivity contribution in [2.45, 2.75) is 30.2 Å². The molecule has 10 nitrogen and oxygen atoms in total. The first-order valence-electron chi connectivity index (χ1n) is 14.0. The second-order valence-electron chi connectivity index (χ2n) is 10.7. The van der Waals surface area contributed by atoms with Crippen molar-refractivity contribution in [1.29, 1.82) is 0 Å². The molecule has 0 aliphatic carbocycles. The van der Waals surface area contributed by atoms with Crippen LogP contribution in [-0.2, 0) is 16.4 Å². The van der Waals surface area contributed by atoms with Gasteiger partial charge in [0.1, 0.15) is 11.6 Å². The van der Waals surface area contributed by atoms with Gasteiger partial charge in [0.15, 0.2) is 9.84 Å². The van der Waals surface area contributed by atoms with Crippen LogP contribution in [0.5, 0.6) is 11.6 Å². The van der Waals surface area contributed by atoms with Gasteiger partial charge in [-0.3, -0.25) is 9.69 Å². The maximum atomic E-state index is 13.7. The maximum absolute atomic E-state index is 13.7. The first-order valence-corrected chi connectivity index (χ1v) is 15.9. The molecular weight excluding hydrogens is 621 g/mol. The van der Waals surface area contributed by atoms with Crippen molar-refractivity contribution in [3.63, 3.8) is 0 Å². The Kier molecular flexibility index (Phi) is 10.8. The van der Waals surface area contributed by atoms with Gasteiger partial charge in [-0.15, -0.1) is 12.4 Å². The summed E-state index contributed by atoms with van der Waals surface area (Å²) >= 11 is 0. The molecule has 1 aromatic heterocycles. The molecule has 3 amide bonds. The van der Waals surface area contributed by atoms with Crippen molar-refractivity contribution in [2.24, 2.45) is 5.73 Å². The van der Waals surface area contributed by atoms with E-state index in [1.54, 1.807) is 24.4 Å². The fraction of sp³-hybridized carbons (Fsp3) is 0.219. The van der Waals surface area contributed by atoms with E-state index in [0.717, 1.165) is 50.4 Å². The van der Waals surface area contributed by atoms with Crippen LogP contribution in [0.3, 0.4) is 0 Å². The molecule has 1 aliphatic heterocycles. The predicted octanol–water partition coefficient (Wildman–Crippen LogP) is 5.96. The summed E-state index contributed by atoms with van der Waals surface area (Å²) in [5, 5.41) is 5.31. The van der Waals surface area contributed by atoms with Crippen molar-refractivity contribution in [3.05, 3.63) is 108 Å². The summed E-state index contributed by atoms with van der Waals surface area (Å²) in [7, 11) is -3.26. The zero-order chi connectivity index (χ0) is 31.3. The lowest BCUT2D eigenvalue weighted by atomic mass is 9.89. The average molecular weight is 654 g/mol. The molecule has 0 bridgehead atoms. The predicted molar refractivity (Wildman–Crippen MR) is 172 cm³/mol. The smallest absolute Gasteiger partial charge is 0.323 e. The molecular formula is C32H33ClFN5O5S. The van der Waals surface area contributed by atoms with Gasteiger partial charge in [0.25, 0.3) is 5.91 Å². The minimum Gasteiger partial charge on any atom is -0.439 e. The number of anilines is 2. The number of pyridine rings is 1. The molecule has 0 spiro atoms. The number of carbonyl (C=O) groups excluding carboxylic acids is 2. The summed E-state index contributed by atoms with van der Waals surface area (Å²) in [5.41, 5.74) is 8.00. The van der Waals surface area contributed by atoms with Crippen LogP contribution in [0.25, 0.3) is 0 Å². The summed E-state index contributed by atoms with van der Waals surface area (Å²) in [6.07, 6.45) is 4.95. The van der Waals surface area contributed by atoms with E-state index in [0.29, 0.717) is 23.2 Å². The number of hydrogen-bond donors (Lipinski definition) is 3. The molecule has 45 heavy (non-hydrogen) atoms. The summed E-state index contributed by atoms with van der Waals surface area (Å²) < 4.78 is 42.7. The molecule has 1 fully saturated rings. The van der Waals surface area contributed by atoms with Crippen LogP contribution >= 0.6 is 12.4 Å². The van der Waals surface area contributed by atoms with Crippen molar-refractivity contribution < 1.29 is 27.1 Å². The Labute approximate surface area is 267 Å². The third-order valence-electron chi connectivity index (χ3n) is 7.40. The SMILES string of the molecule is CS(=O)(=O)c1ccc(Oc2ccc(CN3CCC(c4ccc(NC(=O)Nc5ccc(F)c(C(N)=O)c5)cc4)CC3)cn2)cc1.Cl. The van der Waals surface area contributed by atoms with Crippen LogP contribution in [-0.4, -0.2) is 49.6 Å². The standard InChI is InChI=1S/C32H32FN5O5S.ClH/c1-44(41,42)27-10-8-26(9-11-27)43-30-13-2-21(19-35-30)20-38-16-14-23(15-17-38)22-3-5-24(6-4-22)36-32(40)37-25-7-12-29(33)28(18-25)31(34)39;/h2-13,18-19,23H,14-17,20H2,1H3,(H2,34,39)(H2,36,37,40);1H. The Hall–Kier alpha value is -4.52. The molecule has 0 radical (unpaired) electrons. The summed E-state index contributed by atoms with van der Waals surface area (Å²) in [5.74, 6) is -0.312. The van der Waals surface area contributed by atoms with Gasteiger partial charge in [-0.05, 0) is 97.6 Å². The van der Waals surface area contributed by atoms with Crippen molar-refractivity contribution in [1.82, 2.24) is 9.88 Å². The highest BCUT2D eigenvalue weighted by molar-refractivity contribution is 7.90. The lowest BCUT2D eigenvalue weighted by Crippen LogP contribution is -2.32. The van der Waals surface area contributed by atoms with Crippen LogP contribution in [0.2, 0.25) is 0 Å². The fourth-order valence-electron chi connectivity index (χ4n) is 5.05. The van der Waals surface area contributed by atoms with E-state index < -0.39 is 27.6 Å². The molecule has 236 valence electrons. The zero-order valence-corrected chi connectivity index (χ0v) is 26.0. The minimum absolute atomic E-state index is 0. The van der Waals surface area contributed by atoms with E-state index in [2.05, 4.69) is 20.5 Å². The van der Waals surface area contributed by atoms with Crippen molar-refractivity contribution >= 4 is 45.6 Å². The second-order valence-corrected chi connectivity index (χ2v) is 12.7. The fourth-order valence-corrected chi connectivity index (χ4v) is 5.68. The number of likely N-dealkylation sites (tertiary alicyclic amines) is 1. The van der Waals surface area contributed by atoms with Gasteiger partial charge >= 0.3 is 6.03 Å². The van der Waals surface area contributed by atoms with Gasteiger partial charge in [0.2, 0.25) is 5.88 Å². The highest BCUT2D eigenvalue weighted by atomic mass is 35.5. The molecule has 0 atom stereocenters. The van der Waals surface area contributed by atoms with E-state index in [-0.39, 0.29) is 28.6 Å². The Morgan fingerprint density at radius 1 is 0.956 bits per heavy atom. The third-order valence-corrected chi connectivity index (χ3v) is 8.52. The number of halogens is 2. The molecule has 5 rings (SSSR count). The normalized spacial score (nSPS) is 13.8. The number of nitrogens with zero attached hydrogens (tertiary/aromatic N) is 2. The van der Waals surface area contributed by atoms with E-state index in [4.69, 9.17) is 10.5 Å². The van der Waals surface area contributed by atoms with Crippen LogP contribution < -0.4 is 21.1 Å². The third kappa shape index (κ3) is 9.00. The lowest BCUT2D eigenvalue weighted by molar-refractivity contribution is 0.0996. The highest BCUT2D eigenvalue weighted by Crippen LogP contribution is 2.30. The Morgan fingerprint density at radius 2 is 1.60 bits per heavy atom. The molecule has 2 heterocycles. The number of ether oxygens (including phenoxy) is 1. The summed E-state index contributed by atoms with van der Waals surface area (Å²) in [6.45, 7) is 2.64. The highest BCUT2D eigenvalue weighted by Gasteiger charge is 2.21. The molecule has 13 heteroatoms. The minimum atomic E-state index is -3.26. The number of sulfone groups is 1. The lowest BCUT2D eigenvalue weighted by Gasteiger charge is -2.32. The Morgan fingerprint density at radius 3 is 2.20 bits per heavy atom. The van der Waals surface area contributed by atoms with Gasteiger partial charge in [-0.1, -0.05) is 18.2 Å². The number of benzene rings is 3. The molecule has 1 saturated heterocycles. The number of nitrogens with two attached hydrogens (primary N) is 1. The number of nitrogens with one attached hydrogen (secondary N) is 2. The van der Waals surface area contributed by atoms with Crippen molar-refractivity contribution in [3.8, 4) is 11.6 Å². The number of aromatic nitrogens is 1. The first kappa shape index (κ1) is 33.4. The first-order chi connectivity index (χ1) is 21.0. The second kappa shape index (κ2) is 14.5. The molecule has 0 saturated carbocycles. The molecule has 0 unspecified atom stereocenters. The maximum Gasteiger partial charge on any atom is 0.323 e. The van der Waals surface area contributed by atoms with Crippen molar-refractivity contribution in [2.75, 3.05) is 30.0 Å². The van der Waals surface area contributed by atoms with Crippen LogP contribution in [0, 0.1) is 5.82 Å². The number of carbonyl (C=O) groups is 2. The van der Waals surface area contributed by atoms with Gasteiger partial charge in [0.05, 0.1) is 10.5 Å². The van der Waals surface area contributed by atoms with Gasteiger partial charge in [-0.2, -0.15) is 0 Å².